The van der Waals surface area contributed by atoms with Crippen molar-refractivity contribution in [2.45, 2.75) is 46.0 Å². The van der Waals surface area contributed by atoms with Gasteiger partial charge in [0, 0.05) is 0 Å². The van der Waals surface area contributed by atoms with Crippen LogP contribution in [0, 0.1) is 11.8 Å². The van der Waals surface area contributed by atoms with Gasteiger partial charge in [-0.05, 0) is 61.2 Å². The van der Waals surface area contributed by atoms with Crippen LogP contribution in [0.25, 0.3) is 0 Å². The minimum absolute atomic E-state index is 0.768. The molecule has 2 rings (SSSR count). The van der Waals surface area contributed by atoms with E-state index in [1.54, 1.807) is 11.1 Å². The van der Waals surface area contributed by atoms with Crippen molar-refractivity contribution in [1.82, 2.24) is 5.32 Å². The van der Waals surface area contributed by atoms with E-state index in [2.05, 4.69) is 50.4 Å². The maximum atomic E-state index is 3.58. The molecule has 1 aliphatic rings. The Morgan fingerprint density at radius 1 is 1.28 bits per heavy atom. The molecule has 1 nitrogen and oxygen atoms in total. The Morgan fingerprint density at radius 2 is 2.06 bits per heavy atom. The molecule has 0 amide bonds. The van der Waals surface area contributed by atoms with Crippen LogP contribution in [-0.2, 0) is 6.42 Å². The number of benzene rings is 1. The van der Waals surface area contributed by atoms with Crippen LogP contribution in [0.15, 0.2) is 24.3 Å². The normalized spacial score (nSPS) is 24.4. The highest BCUT2D eigenvalue weighted by atomic mass is 14.9. The van der Waals surface area contributed by atoms with Gasteiger partial charge < -0.3 is 5.32 Å². The van der Waals surface area contributed by atoms with E-state index in [4.69, 9.17) is 0 Å². The lowest BCUT2D eigenvalue weighted by Crippen LogP contribution is -2.36. The maximum Gasteiger partial charge on any atom is -0.00146 e. The number of hydrogen-bond donors (Lipinski definition) is 1. The van der Waals surface area contributed by atoms with Crippen LogP contribution < -0.4 is 5.32 Å². The van der Waals surface area contributed by atoms with Gasteiger partial charge in [-0.15, -0.1) is 0 Å². The lowest BCUT2D eigenvalue weighted by Gasteiger charge is -2.34. The summed E-state index contributed by atoms with van der Waals surface area (Å²) in [7, 11) is 0. The fourth-order valence-corrected chi connectivity index (χ4v) is 3.40. The smallest absolute Gasteiger partial charge is 0.00146 e. The van der Waals surface area contributed by atoms with Gasteiger partial charge in [0.25, 0.3) is 0 Å². The third-order valence-corrected chi connectivity index (χ3v) is 4.22. The van der Waals surface area contributed by atoms with Crippen LogP contribution in [0.5, 0.6) is 0 Å². The molecule has 0 radical (unpaired) electrons. The van der Waals surface area contributed by atoms with E-state index in [1.165, 1.54) is 25.9 Å². The van der Waals surface area contributed by atoms with Crippen molar-refractivity contribution in [2.75, 3.05) is 13.1 Å². The second kappa shape index (κ2) is 6.38. The molecule has 2 unspecified atom stereocenters. The molecule has 1 aromatic rings. The van der Waals surface area contributed by atoms with E-state index in [1.807, 2.05) is 0 Å². The molecule has 1 N–H and O–H groups in total. The zero-order valence-corrected chi connectivity index (χ0v) is 12.1. The lowest BCUT2D eigenvalue weighted by molar-refractivity contribution is 0.279. The van der Waals surface area contributed by atoms with Crippen LogP contribution in [0.1, 0.15) is 50.7 Å². The second-order valence-electron chi connectivity index (χ2n) is 6.04. The van der Waals surface area contributed by atoms with Crippen LogP contribution >= 0.6 is 0 Å². The molecule has 1 heteroatoms. The summed E-state index contributed by atoms with van der Waals surface area (Å²) in [6, 6.07) is 9.07. The molecule has 1 saturated heterocycles. The molecular weight excluding hydrogens is 218 g/mol. The molecule has 0 aliphatic carbocycles. The Labute approximate surface area is 112 Å². The molecule has 1 aliphatic heterocycles. The van der Waals surface area contributed by atoms with Crippen molar-refractivity contribution < 1.29 is 0 Å². The molecule has 18 heavy (non-hydrogen) atoms. The highest BCUT2D eigenvalue weighted by molar-refractivity contribution is 5.31. The molecule has 1 fully saturated rings. The number of nitrogens with one attached hydrogen (secondary N) is 1. The summed E-state index contributed by atoms with van der Waals surface area (Å²) in [5, 5.41) is 3.58. The fourth-order valence-electron chi connectivity index (χ4n) is 3.40. The summed E-state index contributed by atoms with van der Waals surface area (Å²) in [4.78, 5) is 0. The first kappa shape index (κ1) is 13.6. The van der Waals surface area contributed by atoms with E-state index in [-0.39, 0.29) is 0 Å². The van der Waals surface area contributed by atoms with E-state index in [0.717, 1.165) is 24.2 Å². The van der Waals surface area contributed by atoms with Gasteiger partial charge in [0.1, 0.15) is 0 Å². The Kier molecular flexibility index (Phi) is 4.82. The summed E-state index contributed by atoms with van der Waals surface area (Å²) < 4.78 is 0. The topological polar surface area (TPSA) is 12.0 Å². The average Bonchev–Trinajstić information content (AvgIpc) is 2.39. The highest BCUT2D eigenvalue weighted by Crippen LogP contribution is 2.35. The van der Waals surface area contributed by atoms with E-state index < -0.39 is 0 Å². The first-order valence-electron chi connectivity index (χ1n) is 7.50. The standard InChI is InChI=1S/C17H27N/c1-4-14-7-5-6-8-16(14)17-9-10-18-12-15(17)11-13(2)3/h5-8,13,15,17-18H,4,9-12H2,1-3H3. The zero-order valence-electron chi connectivity index (χ0n) is 12.1. The summed E-state index contributed by atoms with van der Waals surface area (Å²) in [5.74, 6) is 2.38. The summed E-state index contributed by atoms with van der Waals surface area (Å²) in [6.45, 7) is 9.34. The Hall–Kier alpha value is -0.820. The number of piperidine rings is 1. The van der Waals surface area contributed by atoms with Crippen molar-refractivity contribution in [3.05, 3.63) is 35.4 Å². The molecule has 0 saturated carbocycles. The molecule has 2 atom stereocenters. The molecule has 0 spiro atoms. The Balaban J connectivity index is 2.22. The predicted octanol–water partition coefficient (Wildman–Crippen LogP) is 3.99. The van der Waals surface area contributed by atoms with Gasteiger partial charge in [0.15, 0.2) is 0 Å². The minimum Gasteiger partial charge on any atom is -0.316 e. The van der Waals surface area contributed by atoms with Crippen LogP contribution in [0.2, 0.25) is 0 Å². The zero-order chi connectivity index (χ0) is 13.0. The van der Waals surface area contributed by atoms with Gasteiger partial charge in [-0.3, -0.25) is 0 Å². The van der Waals surface area contributed by atoms with Crippen LogP contribution in [-0.4, -0.2) is 13.1 Å². The number of hydrogen-bond acceptors (Lipinski definition) is 1. The largest absolute Gasteiger partial charge is 0.316 e. The average molecular weight is 245 g/mol. The molecule has 1 aromatic carbocycles. The Bertz CT molecular complexity index is 370. The van der Waals surface area contributed by atoms with Crippen LogP contribution in [0.4, 0.5) is 0 Å². The second-order valence-corrected chi connectivity index (χ2v) is 6.04. The molecule has 0 aromatic heterocycles. The summed E-state index contributed by atoms with van der Waals surface area (Å²) in [6.07, 6.45) is 3.80. The molecule has 100 valence electrons. The summed E-state index contributed by atoms with van der Waals surface area (Å²) in [5.41, 5.74) is 3.17. The van der Waals surface area contributed by atoms with Crippen molar-refractivity contribution in [3.63, 3.8) is 0 Å². The maximum absolute atomic E-state index is 3.58. The van der Waals surface area contributed by atoms with Gasteiger partial charge >= 0.3 is 0 Å². The van der Waals surface area contributed by atoms with Gasteiger partial charge in [0.05, 0.1) is 0 Å². The first-order valence-corrected chi connectivity index (χ1v) is 7.50. The lowest BCUT2D eigenvalue weighted by atomic mass is 9.75. The quantitative estimate of drug-likeness (QED) is 0.846. The molecule has 1 heterocycles. The first-order chi connectivity index (χ1) is 8.72. The predicted molar refractivity (Wildman–Crippen MR) is 79.0 cm³/mol. The van der Waals surface area contributed by atoms with E-state index in [9.17, 15) is 0 Å². The van der Waals surface area contributed by atoms with Crippen molar-refractivity contribution in [2.24, 2.45) is 11.8 Å². The van der Waals surface area contributed by atoms with Gasteiger partial charge in [0.2, 0.25) is 0 Å². The monoisotopic (exact) mass is 245 g/mol. The van der Waals surface area contributed by atoms with Gasteiger partial charge in [-0.1, -0.05) is 45.0 Å². The van der Waals surface area contributed by atoms with Crippen LogP contribution in [0.3, 0.4) is 0 Å². The van der Waals surface area contributed by atoms with E-state index >= 15 is 0 Å². The fraction of sp³-hybridized carbons (Fsp3) is 0.647. The highest BCUT2D eigenvalue weighted by Gasteiger charge is 2.27. The minimum atomic E-state index is 0.768. The third kappa shape index (κ3) is 3.14. The number of aryl methyl sites for hydroxylation is 1. The van der Waals surface area contributed by atoms with Crippen molar-refractivity contribution in [3.8, 4) is 0 Å². The number of rotatable bonds is 4. The van der Waals surface area contributed by atoms with Crippen molar-refractivity contribution >= 4 is 0 Å². The SMILES string of the molecule is CCc1ccccc1C1CCNCC1CC(C)C. The molecular formula is C17H27N. The molecule has 0 bridgehead atoms. The third-order valence-electron chi connectivity index (χ3n) is 4.22. The van der Waals surface area contributed by atoms with Gasteiger partial charge in [-0.2, -0.15) is 0 Å². The van der Waals surface area contributed by atoms with Crippen molar-refractivity contribution in [1.29, 1.82) is 0 Å². The summed E-state index contributed by atoms with van der Waals surface area (Å²) >= 11 is 0. The Morgan fingerprint density at radius 3 is 2.78 bits per heavy atom. The van der Waals surface area contributed by atoms with Gasteiger partial charge in [-0.25, -0.2) is 0 Å². The van der Waals surface area contributed by atoms with E-state index in [0.29, 0.717) is 0 Å².